The molecule has 3 aliphatic rings. The monoisotopic (exact) mass is 529 g/mol. The van der Waals surface area contributed by atoms with E-state index in [2.05, 4.69) is 29.7 Å². The number of amides is 1. The van der Waals surface area contributed by atoms with Gasteiger partial charge in [-0.25, -0.2) is 4.39 Å². The Labute approximate surface area is 229 Å². The normalized spacial score (nSPS) is 21.8. The molecule has 2 aliphatic carbocycles. The van der Waals surface area contributed by atoms with Crippen molar-refractivity contribution < 1.29 is 9.18 Å². The van der Waals surface area contributed by atoms with Crippen LogP contribution in [-0.4, -0.2) is 32.6 Å². The number of hydrogen-bond donors (Lipinski definition) is 0. The van der Waals surface area contributed by atoms with E-state index in [-0.39, 0.29) is 17.8 Å². The molecule has 1 amide bonds. The molecule has 3 fully saturated rings. The van der Waals surface area contributed by atoms with Gasteiger partial charge in [0.2, 0.25) is 0 Å². The van der Waals surface area contributed by atoms with E-state index in [0.29, 0.717) is 18.2 Å². The molecular weight excluding hydrogens is 493 g/mol. The lowest BCUT2D eigenvalue weighted by Gasteiger charge is -2.31. The summed E-state index contributed by atoms with van der Waals surface area (Å²) in [6, 6.07) is 15.8. The molecule has 0 bridgehead atoms. The van der Waals surface area contributed by atoms with Crippen LogP contribution in [0.15, 0.2) is 58.4 Å². The fourth-order valence-corrected chi connectivity index (χ4v) is 7.47. The zero-order valence-corrected chi connectivity index (χ0v) is 23.0. The maximum atomic E-state index is 14.6. The number of para-hydroxylation sites is 1. The quantitative estimate of drug-likeness (QED) is 0.313. The van der Waals surface area contributed by atoms with E-state index in [4.69, 9.17) is 4.99 Å². The molecule has 0 spiro atoms. The van der Waals surface area contributed by atoms with Gasteiger partial charge in [-0.3, -0.25) is 14.7 Å². The average Bonchev–Trinajstić information content (AvgIpc) is 3.39. The molecule has 4 nitrogen and oxygen atoms in total. The summed E-state index contributed by atoms with van der Waals surface area (Å²) in [5.41, 5.74) is 3.79. The smallest absolute Gasteiger partial charge is 0.267 e. The van der Waals surface area contributed by atoms with E-state index in [1.807, 2.05) is 29.2 Å². The minimum atomic E-state index is -0.196. The predicted molar refractivity (Wildman–Crippen MR) is 156 cm³/mol. The molecule has 1 saturated heterocycles. The first-order chi connectivity index (χ1) is 18.6. The van der Waals surface area contributed by atoms with Gasteiger partial charge in [0.1, 0.15) is 5.82 Å². The highest BCUT2D eigenvalue weighted by Gasteiger charge is 2.39. The Hall–Kier alpha value is -2.86. The first kappa shape index (κ1) is 25.4. The largest absolute Gasteiger partial charge is 0.340 e. The molecular formula is C32H36FN3OS. The van der Waals surface area contributed by atoms with E-state index >= 15 is 0 Å². The Morgan fingerprint density at radius 3 is 2.39 bits per heavy atom. The Kier molecular flexibility index (Phi) is 7.42. The summed E-state index contributed by atoms with van der Waals surface area (Å²) < 4.78 is 16.7. The number of amidine groups is 1. The SMILES string of the molecule is Cc1c(C=C2SC(=NC3CCCCC3)N(C3CCCCC3)C2=O)c2ccccc2n1Cc1ccccc1F. The summed E-state index contributed by atoms with van der Waals surface area (Å²) >= 11 is 1.56. The van der Waals surface area contributed by atoms with Gasteiger partial charge in [0.25, 0.3) is 5.91 Å². The van der Waals surface area contributed by atoms with Crippen LogP contribution in [0, 0.1) is 12.7 Å². The van der Waals surface area contributed by atoms with Crippen molar-refractivity contribution in [1.82, 2.24) is 9.47 Å². The molecule has 198 valence electrons. The van der Waals surface area contributed by atoms with Crippen LogP contribution in [0.4, 0.5) is 4.39 Å². The number of fused-ring (bicyclic) bond motifs is 1. The molecule has 0 unspecified atom stereocenters. The Bertz CT molecular complexity index is 1390. The zero-order chi connectivity index (χ0) is 26.1. The third-order valence-electron chi connectivity index (χ3n) is 8.49. The number of rotatable bonds is 5. The Morgan fingerprint density at radius 1 is 0.947 bits per heavy atom. The highest BCUT2D eigenvalue weighted by atomic mass is 32.2. The molecule has 3 aromatic rings. The van der Waals surface area contributed by atoms with Gasteiger partial charge < -0.3 is 4.57 Å². The van der Waals surface area contributed by atoms with Gasteiger partial charge in [-0.2, -0.15) is 0 Å². The average molecular weight is 530 g/mol. The fraction of sp³-hybridized carbons (Fsp3) is 0.438. The standard InChI is InChI=1S/C32H36FN3OS/c1-22-27(26-17-9-11-19-29(26)35(22)21-23-12-8-10-18-28(23)33)20-30-31(37)36(25-15-6-3-7-16-25)32(38-30)34-24-13-4-2-5-14-24/h8-12,17-20,24-25H,2-7,13-16,21H2,1H3. The van der Waals surface area contributed by atoms with Crippen molar-refractivity contribution in [1.29, 1.82) is 0 Å². The van der Waals surface area contributed by atoms with Gasteiger partial charge in [-0.05, 0) is 62.6 Å². The van der Waals surface area contributed by atoms with Gasteiger partial charge >= 0.3 is 0 Å². The highest BCUT2D eigenvalue weighted by Crippen LogP contribution is 2.40. The van der Waals surface area contributed by atoms with E-state index in [1.54, 1.807) is 17.8 Å². The lowest BCUT2D eigenvalue weighted by molar-refractivity contribution is -0.124. The number of aromatic nitrogens is 1. The van der Waals surface area contributed by atoms with Crippen molar-refractivity contribution in [3.63, 3.8) is 0 Å². The van der Waals surface area contributed by atoms with Crippen LogP contribution < -0.4 is 0 Å². The van der Waals surface area contributed by atoms with E-state index in [0.717, 1.165) is 57.9 Å². The summed E-state index contributed by atoms with van der Waals surface area (Å²) in [6.45, 7) is 2.53. The third-order valence-corrected chi connectivity index (χ3v) is 9.48. The second-order valence-electron chi connectivity index (χ2n) is 11.0. The first-order valence-electron chi connectivity index (χ1n) is 14.2. The molecule has 2 aromatic carbocycles. The first-order valence-corrected chi connectivity index (χ1v) is 15.0. The van der Waals surface area contributed by atoms with Gasteiger partial charge in [0.05, 0.1) is 17.5 Å². The van der Waals surface area contributed by atoms with Crippen LogP contribution in [-0.2, 0) is 11.3 Å². The van der Waals surface area contributed by atoms with Crippen molar-refractivity contribution in [2.75, 3.05) is 0 Å². The maximum absolute atomic E-state index is 14.6. The van der Waals surface area contributed by atoms with E-state index in [9.17, 15) is 9.18 Å². The van der Waals surface area contributed by atoms with E-state index < -0.39 is 0 Å². The number of carbonyl (C=O) groups is 1. The van der Waals surface area contributed by atoms with Gasteiger partial charge in [-0.15, -0.1) is 0 Å². The van der Waals surface area contributed by atoms with Crippen molar-refractivity contribution in [2.45, 2.75) is 89.8 Å². The molecule has 1 aliphatic heterocycles. The van der Waals surface area contributed by atoms with Gasteiger partial charge in [-0.1, -0.05) is 74.9 Å². The van der Waals surface area contributed by atoms with Crippen LogP contribution in [0.5, 0.6) is 0 Å². The molecule has 0 radical (unpaired) electrons. The summed E-state index contributed by atoms with van der Waals surface area (Å²) in [7, 11) is 0. The molecule has 1 aromatic heterocycles. The van der Waals surface area contributed by atoms with Crippen molar-refractivity contribution in [3.8, 4) is 0 Å². The maximum Gasteiger partial charge on any atom is 0.267 e. The number of nitrogens with zero attached hydrogens (tertiary/aromatic N) is 3. The number of benzene rings is 2. The van der Waals surface area contributed by atoms with Crippen LogP contribution in [0.3, 0.4) is 0 Å². The van der Waals surface area contributed by atoms with Crippen LogP contribution in [0.25, 0.3) is 17.0 Å². The summed E-state index contributed by atoms with van der Waals surface area (Å²) in [4.78, 5) is 21.9. The predicted octanol–water partition coefficient (Wildman–Crippen LogP) is 8.07. The van der Waals surface area contributed by atoms with Crippen LogP contribution in [0.2, 0.25) is 0 Å². The summed E-state index contributed by atoms with van der Waals surface area (Å²) in [5, 5.41) is 2.00. The van der Waals surface area contributed by atoms with Gasteiger partial charge in [0, 0.05) is 33.8 Å². The summed E-state index contributed by atoms with van der Waals surface area (Å²) in [5.74, 6) is -0.0976. The molecule has 0 atom stereocenters. The molecule has 2 saturated carbocycles. The highest BCUT2D eigenvalue weighted by molar-refractivity contribution is 8.18. The van der Waals surface area contributed by atoms with Crippen molar-refractivity contribution in [3.05, 3.63) is 76.1 Å². The molecule has 38 heavy (non-hydrogen) atoms. The lowest BCUT2D eigenvalue weighted by Crippen LogP contribution is -2.41. The van der Waals surface area contributed by atoms with Crippen molar-refractivity contribution >= 4 is 39.8 Å². The Balaban J connectivity index is 1.39. The number of hydrogen-bond acceptors (Lipinski definition) is 3. The number of aliphatic imine (C=N–C) groups is 1. The molecule has 6 rings (SSSR count). The molecule has 2 heterocycles. The zero-order valence-electron chi connectivity index (χ0n) is 22.2. The Morgan fingerprint density at radius 2 is 1.63 bits per heavy atom. The third kappa shape index (κ3) is 4.95. The van der Waals surface area contributed by atoms with Crippen molar-refractivity contribution in [2.24, 2.45) is 4.99 Å². The van der Waals surface area contributed by atoms with Gasteiger partial charge in [0.15, 0.2) is 5.17 Å². The van der Waals surface area contributed by atoms with Crippen LogP contribution in [0.1, 0.15) is 81.0 Å². The number of carbonyl (C=O) groups excluding carboxylic acids is 1. The minimum absolute atomic E-state index is 0.0989. The lowest BCUT2D eigenvalue weighted by atomic mass is 9.94. The second kappa shape index (κ2) is 11.1. The molecule has 6 heteroatoms. The molecule has 0 N–H and O–H groups in total. The number of halogens is 1. The van der Waals surface area contributed by atoms with E-state index in [1.165, 1.54) is 44.6 Å². The fourth-order valence-electron chi connectivity index (χ4n) is 6.38. The van der Waals surface area contributed by atoms with Crippen LogP contribution >= 0.6 is 11.8 Å². The minimum Gasteiger partial charge on any atom is -0.340 e. The summed E-state index contributed by atoms with van der Waals surface area (Å²) in [6.07, 6.45) is 13.8. The topological polar surface area (TPSA) is 37.6 Å². The second-order valence-corrected chi connectivity index (χ2v) is 12.0. The number of thioether (sulfide) groups is 1.